The normalized spacial score (nSPS) is 27.0. The Morgan fingerprint density at radius 2 is 1.58 bits per heavy atom. The highest BCUT2D eigenvalue weighted by atomic mass is 16.5. The predicted molar refractivity (Wildman–Crippen MR) is 108 cm³/mol. The first-order valence-electron chi connectivity index (χ1n) is 9.79. The fraction of sp³-hybridized carbons (Fsp3) is 0.478. The second-order valence-electron chi connectivity index (χ2n) is 8.59. The highest BCUT2D eigenvalue weighted by molar-refractivity contribution is 5.16. The van der Waals surface area contributed by atoms with Crippen LogP contribution in [-0.2, 0) is 13.1 Å². The summed E-state index contributed by atoms with van der Waals surface area (Å²) >= 11 is 0. The van der Waals surface area contributed by atoms with Crippen molar-refractivity contribution >= 4 is 0 Å². The van der Waals surface area contributed by atoms with Crippen molar-refractivity contribution in [1.29, 1.82) is 0 Å². The summed E-state index contributed by atoms with van der Waals surface area (Å²) in [6.07, 6.45) is 1.05. The number of hydrogen-bond acceptors (Lipinski definition) is 2. The molecule has 3 nitrogen and oxygen atoms in total. The summed E-state index contributed by atoms with van der Waals surface area (Å²) in [7, 11) is 0. The van der Waals surface area contributed by atoms with Gasteiger partial charge in [0, 0.05) is 18.7 Å². The molecular weight excluding hydrogens is 320 g/mol. The lowest BCUT2D eigenvalue weighted by Crippen LogP contribution is -2.66. The van der Waals surface area contributed by atoms with Gasteiger partial charge in [-0.1, -0.05) is 74.5 Å². The summed E-state index contributed by atoms with van der Waals surface area (Å²) in [4.78, 5) is 2.54. The molecule has 0 spiro atoms. The Labute approximate surface area is 158 Å². The molecule has 2 atom stereocenters. The molecular formula is C23H32N2O. The summed E-state index contributed by atoms with van der Waals surface area (Å²) in [5.74, 6) is 0.571. The number of hydroxylamine groups is 3. The zero-order valence-electron chi connectivity index (χ0n) is 16.4. The molecule has 0 amide bonds. The van der Waals surface area contributed by atoms with E-state index in [2.05, 4.69) is 68.1 Å². The van der Waals surface area contributed by atoms with Gasteiger partial charge in [-0.3, -0.25) is 4.90 Å². The lowest BCUT2D eigenvalue weighted by atomic mass is 9.85. The van der Waals surface area contributed by atoms with Gasteiger partial charge in [0.1, 0.15) is 6.54 Å². The fourth-order valence-electron chi connectivity index (χ4n) is 4.57. The second kappa shape index (κ2) is 7.91. The van der Waals surface area contributed by atoms with Gasteiger partial charge >= 0.3 is 0 Å². The molecule has 3 heteroatoms. The maximum Gasteiger partial charge on any atom is 0.104 e. The van der Waals surface area contributed by atoms with E-state index in [1.54, 1.807) is 0 Å². The zero-order valence-corrected chi connectivity index (χ0v) is 16.4. The van der Waals surface area contributed by atoms with Gasteiger partial charge in [-0.2, -0.15) is 0 Å². The Bertz CT molecular complexity index is 688. The first kappa shape index (κ1) is 19.1. The molecule has 0 N–H and O–H groups in total. The Balaban J connectivity index is 1.79. The molecule has 0 radical (unpaired) electrons. The quantitative estimate of drug-likeness (QED) is 0.550. The number of benzene rings is 2. The molecule has 1 fully saturated rings. The standard InChI is InChI=1S/C23H32N2O/c1-20(2)16-23(3)19-25(26,18-22-12-8-5-9-13-22)15-14-24(23)17-21-10-6-4-7-11-21/h4-13,20H,14-19H2,1-3H3. The molecule has 2 unspecified atom stereocenters. The van der Waals surface area contributed by atoms with Gasteiger partial charge in [0.05, 0.1) is 18.6 Å². The summed E-state index contributed by atoms with van der Waals surface area (Å²) in [6.45, 7) is 10.5. The van der Waals surface area contributed by atoms with Gasteiger partial charge in [0.25, 0.3) is 0 Å². The molecule has 1 aliphatic heterocycles. The van der Waals surface area contributed by atoms with E-state index >= 15 is 0 Å². The van der Waals surface area contributed by atoms with Crippen LogP contribution < -0.4 is 0 Å². The molecule has 2 aromatic carbocycles. The van der Waals surface area contributed by atoms with Crippen molar-refractivity contribution in [3.63, 3.8) is 0 Å². The first-order valence-corrected chi connectivity index (χ1v) is 9.79. The van der Waals surface area contributed by atoms with E-state index in [0.29, 0.717) is 25.6 Å². The van der Waals surface area contributed by atoms with Gasteiger partial charge in [0.15, 0.2) is 0 Å². The minimum Gasteiger partial charge on any atom is -0.632 e. The van der Waals surface area contributed by atoms with Crippen molar-refractivity contribution in [2.45, 2.75) is 45.8 Å². The number of rotatable bonds is 6. The van der Waals surface area contributed by atoms with Crippen LogP contribution in [0.3, 0.4) is 0 Å². The van der Waals surface area contributed by atoms with E-state index in [1.165, 1.54) is 5.56 Å². The molecule has 0 aromatic heterocycles. The maximum atomic E-state index is 13.6. The average molecular weight is 353 g/mol. The SMILES string of the molecule is CC(C)CC1(C)C[N+]([O-])(Cc2ccccc2)CCN1Cc1ccccc1. The lowest BCUT2D eigenvalue weighted by Gasteiger charge is -2.57. The van der Waals surface area contributed by atoms with Crippen LogP contribution in [0.2, 0.25) is 0 Å². The van der Waals surface area contributed by atoms with Crippen LogP contribution in [0.1, 0.15) is 38.3 Å². The van der Waals surface area contributed by atoms with Gasteiger partial charge in [0.2, 0.25) is 0 Å². The maximum absolute atomic E-state index is 13.6. The molecule has 140 valence electrons. The highest BCUT2D eigenvalue weighted by Gasteiger charge is 2.43. The van der Waals surface area contributed by atoms with Crippen LogP contribution in [0.5, 0.6) is 0 Å². The van der Waals surface area contributed by atoms with E-state index in [1.807, 2.05) is 18.2 Å². The van der Waals surface area contributed by atoms with E-state index in [-0.39, 0.29) is 10.2 Å². The Morgan fingerprint density at radius 1 is 1.00 bits per heavy atom. The molecule has 3 rings (SSSR count). The zero-order chi connectivity index (χ0) is 18.6. The van der Waals surface area contributed by atoms with Crippen molar-refractivity contribution in [2.24, 2.45) is 5.92 Å². The van der Waals surface area contributed by atoms with Crippen molar-refractivity contribution in [3.05, 3.63) is 77.0 Å². The number of quaternary nitrogens is 1. The second-order valence-corrected chi connectivity index (χ2v) is 8.59. The smallest absolute Gasteiger partial charge is 0.104 e. The third kappa shape index (κ3) is 4.73. The van der Waals surface area contributed by atoms with Crippen LogP contribution in [0, 0.1) is 11.1 Å². The lowest BCUT2D eigenvalue weighted by molar-refractivity contribution is -0.905. The van der Waals surface area contributed by atoms with Crippen LogP contribution in [0.4, 0.5) is 0 Å². The van der Waals surface area contributed by atoms with Crippen molar-refractivity contribution in [1.82, 2.24) is 4.90 Å². The van der Waals surface area contributed by atoms with Crippen LogP contribution >= 0.6 is 0 Å². The molecule has 26 heavy (non-hydrogen) atoms. The molecule has 1 aliphatic rings. The number of nitrogens with zero attached hydrogens (tertiary/aromatic N) is 2. The summed E-state index contributed by atoms with van der Waals surface area (Å²) < 4.78 is -0.113. The molecule has 0 aliphatic carbocycles. The topological polar surface area (TPSA) is 26.3 Å². The third-order valence-corrected chi connectivity index (χ3v) is 5.55. The minimum atomic E-state index is -0.113. The third-order valence-electron chi connectivity index (χ3n) is 5.55. The summed E-state index contributed by atoms with van der Waals surface area (Å²) in [6, 6.07) is 20.9. The predicted octanol–water partition coefficient (Wildman–Crippen LogP) is 4.82. The summed E-state index contributed by atoms with van der Waals surface area (Å²) in [5, 5.41) is 13.6. The number of hydrogen-bond donors (Lipinski definition) is 0. The van der Waals surface area contributed by atoms with Crippen molar-refractivity contribution < 1.29 is 4.65 Å². The molecule has 1 saturated heterocycles. The monoisotopic (exact) mass is 352 g/mol. The number of piperazine rings is 1. The van der Waals surface area contributed by atoms with Crippen molar-refractivity contribution in [3.8, 4) is 0 Å². The highest BCUT2D eigenvalue weighted by Crippen LogP contribution is 2.34. The van der Waals surface area contributed by atoms with E-state index < -0.39 is 0 Å². The Kier molecular flexibility index (Phi) is 5.81. The van der Waals surface area contributed by atoms with Crippen LogP contribution in [0.15, 0.2) is 60.7 Å². The first-order chi connectivity index (χ1) is 12.4. The summed E-state index contributed by atoms with van der Waals surface area (Å²) in [5.41, 5.74) is 2.40. The molecule has 2 aromatic rings. The van der Waals surface area contributed by atoms with E-state index in [4.69, 9.17) is 0 Å². The van der Waals surface area contributed by atoms with E-state index in [9.17, 15) is 5.21 Å². The average Bonchev–Trinajstić information content (AvgIpc) is 2.58. The minimum absolute atomic E-state index is 0.0706. The van der Waals surface area contributed by atoms with Gasteiger partial charge in [-0.25, -0.2) is 0 Å². The van der Waals surface area contributed by atoms with Gasteiger partial charge in [-0.15, -0.1) is 0 Å². The van der Waals surface area contributed by atoms with Crippen LogP contribution in [-0.4, -0.2) is 34.7 Å². The van der Waals surface area contributed by atoms with E-state index in [0.717, 1.165) is 25.1 Å². The van der Waals surface area contributed by atoms with Gasteiger partial charge in [-0.05, 0) is 24.8 Å². The molecule has 1 heterocycles. The fourth-order valence-corrected chi connectivity index (χ4v) is 4.57. The molecule has 0 saturated carbocycles. The largest absolute Gasteiger partial charge is 0.632 e. The Morgan fingerprint density at radius 3 is 2.15 bits per heavy atom. The molecule has 0 bridgehead atoms. The Hall–Kier alpha value is -1.68. The van der Waals surface area contributed by atoms with Gasteiger partial charge < -0.3 is 9.85 Å². The van der Waals surface area contributed by atoms with Crippen molar-refractivity contribution in [2.75, 3.05) is 19.6 Å². The van der Waals surface area contributed by atoms with Crippen LogP contribution in [0.25, 0.3) is 0 Å².